The first-order valence-corrected chi connectivity index (χ1v) is 12.7. The number of benzene rings is 3. The molecule has 2 amide bonds. The second-order valence-corrected chi connectivity index (χ2v) is 9.72. The first kappa shape index (κ1) is 27.3. The van der Waals surface area contributed by atoms with Crippen LogP contribution in [0.4, 0.5) is 0 Å². The van der Waals surface area contributed by atoms with Gasteiger partial charge in [-0.3, -0.25) is 9.59 Å². The van der Waals surface area contributed by atoms with Crippen molar-refractivity contribution in [2.75, 3.05) is 13.7 Å². The molecule has 0 heterocycles. The Balaban J connectivity index is 1.92. The van der Waals surface area contributed by atoms with Crippen molar-refractivity contribution in [2.24, 2.45) is 5.92 Å². The maximum Gasteiger partial charge on any atom is 0.243 e. The average molecular weight is 507 g/mol. The van der Waals surface area contributed by atoms with Crippen molar-refractivity contribution in [1.82, 2.24) is 10.2 Å². The van der Waals surface area contributed by atoms with Crippen LogP contribution in [0.25, 0.3) is 0 Å². The van der Waals surface area contributed by atoms with Gasteiger partial charge in [-0.25, -0.2) is 0 Å². The third kappa shape index (κ3) is 8.13. The summed E-state index contributed by atoms with van der Waals surface area (Å²) < 4.78 is 5.39. The Labute approximate surface area is 219 Å². The van der Waals surface area contributed by atoms with Crippen LogP contribution in [0, 0.1) is 5.92 Å². The molecule has 0 aliphatic carbocycles. The minimum atomic E-state index is -0.656. The molecule has 0 spiro atoms. The third-order valence-corrected chi connectivity index (χ3v) is 6.38. The Morgan fingerprint density at radius 3 is 2.33 bits per heavy atom. The van der Waals surface area contributed by atoms with Gasteiger partial charge in [-0.05, 0) is 47.2 Å². The molecule has 0 aliphatic heterocycles. The number of ether oxygens (including phenoxy) is 1. The monoisotopic (exact) mass is 506 g/mol. The van der Waals surface area contributed by atoms with E-state index in [-0.39, 0.29) is 18.2 Å². The molecule has 0 aliphatic rings. The van der Waals surface area contributed by atoms with E-state index in [1.54, 1.807) is 12.0 Å². The largest absolute Gasteiger partial charge is 0.497 e. The number of hydrogen-bond donors (Lipinski definition) is 1. The molecule has 1 N–H and O–H groups in total. The number of carbonyl (C=O) groups excluding carboxylic acids is 2. The highest BCUT2D eigenvalue weighted by Gasteiger charge is 2.30. The van der Waals surface area contributed by atoms with Crippen LogP contribution in [0.15, 0.2) is 78.9 Å². The quantitative estimate of drug-likeness (QED) is 0.343. The lowest BCUT2D eigenvalue weighted by atomic mass is 10.0. The number of nitrogens with one attached hydrogen (secondary N) is 1. The zero-order valence-corrected chi connectivity index (χ0v) is 22.0. The Morgan fingerprint density at radius 2 is 1.64 bits per heavy atom. The molecule has 0 saturated heterocycles. The molecule has 0 saturated carbocycles. The van der Waals surface area contributed by atoms with Crippen molar-refractivity contribution in [3.8, 4) is 5.75 Å². The van der Waals surface area contributed by atoms with E-state index >= 15 is 0 Å². The number of rotatable bonds is 12. The maximum absolute atomic E-state index is 13.7. The lowest BCUT2D eigenvalue weighted by Crippen LogP contribution is -2.51. The zero-order chi connectivity index (χ0) is 25.9. The summed E-state index contributed by atoms with van der Waals surface area (Å²) in [7, 11) is 1.61. The number of hydrogen-bond acceptors (Lipinski definition) is 3. The van der Waals surface area contributed by atoms with E-state index in [1.807, 2.05) is 78.9 Å². The highest BCUT2D eigenvalue weighted by Crippen LogP contribution is 2.21. The molecule has 0 unspecified atom stereocenters. The molecule has 190 valence electrons. The third-order valence-electron chi connectivity index (χ3n) is 6.01. The van der Waals surface area contributed by atoms with E-state index in [2.05, 4.69) is 19.2 Å². The number of carbonyl (C=O) groups is 2. The fourth-order valence-electron chi connectivity index (χ4n) is 4.03. The number of methoxy groups -OCH3 is 1. The van der Waals surface area contributed by atoms with Gasteiger partial charge in [0, 0.05) is 31.0 Å². The van der Waals surface area contributed by atoms with E-state index in [4.69, 9.17) is 16.3 Å². The van der Waals surface area contributed by atoms with Gasteiger partial charge in [-0.1, -0.05) is 86.1 Å². The van der Waals surface area contributed by atoms with Crippen LogP contribution in [-0.4, -0.2) is 36.4 Å². The summed E-state index contributed by atoms with van der Waals surface area (Å²) in [6.07, 6.45) is 1.17. The van der Waals surface area contributed by atoms with E-state index in [1.165, 1.54) is 0 Å². The van der Waals surface area contributed by atoms with Crippen LogP contribution in [-0.2, 0) is 29.0 Å². The molecule has 36 heavy (non-hydrogen) atoms. The lowest BCUT2D eigenvalue weighted by molar-refractivity contribution is -0.141. The molecule has 0 aromatic heterocycles. The lowest BCUT2D eigenvalue weighted by Gasteiger charge is -2.32. The molecule has 3 rings (SSSR count). The smallest absolute Gasteiger partial charge is 0.243 e. The van der Waals surface area contributed by atoms with Crippen molar-refractivity contribution in [3.63, 3.8) is 0 Å². The summed E-state index contributed by atoms with van der Waals surface area (Å²) in [6, 6.07) is 24.3. The first-order chi connectivity index (χ1) is 17.4. The van der Waals surface area contributed by atoms with E-state index in [9.17, 15) is 9.59 Å². The van der Waals surface area contributed by atoms with Crippen LogP contribution in [0.1, 0.15) is 37.0 Å². The number of amides is 2. The Hall–Kier alpha value is -3.31. The molecule has 6 heteroatoms. The Bertz CT molecular complexity index is 1130. The predicted octanol–water partition coefficient (Wildman–Crippen LogP) is 5.69. The maximum atomic E-state index is 13.7. The van der Waals surface area contributed by atoms with Crippen LogP contribution in [0.5, 0.6) is 5.75 Å². The van der Waals surface area contributed by atoms with Crippen molar-refractivity contribution in [2.45, 2.75) is 45.7 Å². The minimum Gasteiger partial charge on any atom is -0.497 e. The van der Waals surface area contributed by atoms with Crippen molar-refractivity contribution < 1.29 is 14.3 Å². The minimum absolute atomic E-state index is 0.0987. The zero-order valence-electron chi connectivity index (χ0n) is 21.2. The van der Waals surface area contributed by atoms with Gasteiger partial charge in [-0.2, -0.15) is 0 Å². The summed E-state index contributed by atoms with van der Waals surface area (Å²) in [5.74, 6) is 0.758. The molecule has 1 atom stereocenters. The van der Waals surface area contributed by atoms with Crippen LogP contribution >= 0.6 is 11.6 Å². The molecule has 0 bridgehead atoms. The standard InChI is InChI=1S/C30H35ClN2O3/c1-22(2)20-32-30(35)28(19-23-10-5-4-6-11-23)33(21-24-12-9-14-26(18-24)36-3)29(34)17-16-25-13-7-8-15-27(25)31/h4-15,18,22,28H,16-17,19-21H2,1-3H3,(H,32,35)/t28-/m0/s1. The van der Waals surface area contributed by atoms with Gasteiger partial charge < -0.3 is 15.0 Å². The second kappa shape index (κ2) is 13.7. The first-order valence-electron chi connectivity index (χ1n) is 12.3. The van der Waals surface area contributed by atoms with Gasteiger partial charge in [0.1, 0.15) is 11.8 Å². The van der Waals surface area contributed by atoms with E-state index in [0.29, 0.717) is 42.6 Å². The van der Waals surface area contributed by atoms with Gasteiger partial charge in [0.25, 0.3) is 0 Å². The van der Waals surface area contributed by atoms with E-state index < -0.39 is 6.04 Å². The van der Waals surface area contributed by atoms with Gasteiger partial charge in [-0.15, -0.1) is 0 Å². The number of nitrogens with zero attached hydrogens (tertiary/aromatic N) is 1. The van der Waals surface area contributed by atoms with Crippen LogP contribution in [0.3, 0.4) is 0 Å². The molecule has 3 aromatic carbocycles. The summed E-state index contributed by atoms with van der Waals surface area (Å²) in [4.78, 5) is 28.9. The number of halogens is 1. The average Bonchev–Trinajstić information content (AvgIpc) is 2.89. The van der Waals surface area contributed by atoms with Crippen molar-refractivity contribution >= 4 is 23.4 Å². The van der Waals surface area contributed by atoms with Crippen molar-refractivity contribution in [1.29, 1.82) is 0 Å². The summed E-state index contributed by atoms with van der Waals surface area (Å²) in [5, 5.41) is 3.69. The molecule has 3 aromatic rings. The van der Waals surface area contributed by atoms with Gasteiger partial charge in [0.15, 0.2) is 0 Å². The highest BCUT2D eigenvalue weighted by molar-refractivity contribution is 6.31. The fraction of sp³-hybridized carbons (Fsp3) is 0.333. The summed E-state index contributed by atoms with van der Waals surface area (Å²) in [6.45, 7) is 4.95. The highest BCUT2D eigenvalue weighted by atomic mass is 35.5. The molecule has 5 nitrogen and oxygen atoms in total. The summed E-state index contributed by atoms with van der Waals surface area (Å²) in [5.41, 5.74) is 2.81. The Morgan fingerprint density at radius 1 is 0.944 bits per heavy atom. The molecule has 0 radical (unpaired) electrons. The van der Waals surface area contributed by atoms with Gasteiger partial charge in [0.2, 0.25) is 11.8 Å². The number of aryl methyl sites for hydroxylation is 1. The predicted molar refractivity (Wildman–Crippen MR) is 145 cm³/mol. The summed E-state index contributed by atoms with van der Waals surface area (Å²) >= 11 is 6.34. The van der Waals surface area contributed by atoms with Gasteiger partial charge >= 0.3 is 0 Å². The second-order valence-electron chi connectivity index (χ2n) is 9.31. The molecular formula is C30H35ClN2O3. The van der Waals surface area contributed by atoms with Crippen molar-refractivity contribution in [3.05, 3.63) is 101 Å². The SMILES string of the molecule is COc1cccc(CN(C(=O)CCc2ccccc2Cl)[C@@H](Cc2ccccc2)C(=O)NCC(C)C)c1. The normalized spacial score (nSPS) is 11.7. The fourth-order valence-corrected chi connectivity index (χ4v) is 4.26. The van der Waals surface area contributed by atoms with E-state index in [0.717, 1.165) is 16.7 Å². The molecule has 0 fully saturated rings. The topological polar surface area (TPSA) is 58.6 Å². The Kier molecular flexibility index (Phi) is 10.4. The molecular weight excluding hydrogens is 472 g/mol. The van der Waals surface area contributed by atoms with Gasteiger partial charge in [0.05, 0.1) is 7.11 Å². The van der Waals surface area contributed by atoms with Crippen LogP contribution < -0.4 is 10.1 Å². The van der Waals surface area contributed by atoms with Crippen LogP contribution in [0.2, 0.25) is 5.02 Å².